The third-order valence-electron chi connectivity index (χ3n) is 3.04. The summed E-state index contributed by atoms with van der Waals surface area (Å²) in [4.78, 5) is 11.9. The number of fused-ring (bicyclic) bond motifs is 1. The van der Waals surface area contributed by atoms with Gasteiger partial charge >= 0.3 is 0 Å². The van der Waals surface area contributed by atoms with Gasteiger partial charge in [0.15, 0.2) is 22.7 Å². The van der Waals surface area contributed by atoms with Crippen molar-refractivity contribution in [2.75, 3.05) is 20.0 Å². The first-order valence-corrected chi connectivity index (χ1v) is 6.06. The van der Waals surface area contributed by atoms with E-state index in [4.69, 9.17) is 15.2 Å². The Labute approximate surface area is 119 Å². The Kier molecular flexibility index (Phi) is 2.98. The zero-order valence-corrected chi connectivity index (χ0v) is 11.4. The number of rotatable bonds is 3. The molecule has 3 N–H and O–H groups in total. The van der Waals surface area contributed by atoms with Crippen molar-refractivity contribution in [1.29, 1.82) is 0 Å². The van der Waals surface area contributed by atoms with Gasteiger partial charge in [-0.2, -0.15) is 9.97 Å². The van der Waals surface area contributed by atoms with Crippen molar-refractivity contribution in [3.05, 3.63) is 24.5 Å². The van der Waals surface area contributed by atoms with Gasteiger partial charge in [0.25, 0.3) is 0 Å². The van der Waals surface area contributed by atoms with E-state index in [2.05, 4.69) is 15.0 Å². The van der Waals surface area contributed by atoms with Crippen LogP contribution in [0.5, 0.6) is 17.4 Å². The first-order chi connectivity index (χ1) is 10.1. The molecule has 0 bridgehead atoms. The molecule has 8 heteroatoms. The molecule has 0 radical (unpaired) electrons. The standard InChI is InChI=1S/C13H13N5O3/c1-20-8-4-3-7(5-9(8)21-2)18-6-15-10-11(18)16-13(14)17-12(10)19/h3-6H,1-2H3,(H3,14,16,17,19). The van der Waals surface area contributed by atoms with Crippen LogP contribution >= 0.6 is 0 Å². The van der Waals surface area contributed by atoms with Crippen LogP contribution < -0.4 is 15.2 Å². The van der Waals surface area contributed by atoms with Crippen molar-refractivity contribution < 1.29 is 14.6 Å². The number of ether oxygens (including phenoxy) is 2. The van der Waals surface area contributed by atoms with Gasteiger partial charge in [-0.3, -0.25) is 4.57 Å². The molecule has 0 saturated heterocycles. The fraction of sp³-hybridized carbons (Fsp3) is 0.154. The zero-order valence-electron chi connectivity index (χ0n) is 11.4. The molecule has 0 aliphatic carbocycles. The van der Waals surface area contributed by atoms with Crippen LogP contribution in [-0.2, 0) is 0 Å². The van der Waals surface area contributed by atoms with Gasteiger partial charge in [0, 0.05) is 6.07 Å². The summed E-state index contributed by atoms with van der Waals surface area (Å²) < 4.78 is 12.1. The molecule has 1 aromatic carbocycles. The molecule has 108 valence electrons. The lowest BCUT2D eigenvalue weighted by molar-refractivity contribution is 0.355. The number of imidazole rings is 1. The van der Waals surface area contributed by atoms with Crippen molar-refractivity contribution in [1.82, 2.24) is 19.5 Å². The highest BCUT2D eigenvalue weighted by Crippen LogP contribution is 2.31. The molecule has 3 aromatic rings. The number of nitrogens with two attached hydrogens (primary N) is 1. The molecule has 0 aliphatic heterocycles. The summed E-state index contributed by atoms with van der Waals surface area (Å²) in [7, 11) is 3.12. The normalized spacial score (nSPS) is 10.8. The Bertz CT molecular complexity index is 815. The maximum atomic E-state index is 9.74. The second-order valence-corrected chi connectivity index (χ2v) is 4.23. The van der Waals surface area contributed by atoms with Gasteiger partial charge in [-0.25, -0.2) is 4.98 Å². The number of hydrogen-bond donors (Lipinski definition) is 2. The number of anilines is 1. The molecule has 3 rings (SSSR count). The highest BCUT2D eigenvalue weighted by atomic mass is 16.5. The number of benzene rings is 1. The lowest BCUT2D eigenvalue weighted by Crippen LogP contribution is -2.00. The molecule has 8 nitrogen and oxygen atoms in total. The van der Waals surface area contributed by atoms with Crippen LogP contribution in [0.4, 0.5) is 5.95 Å². The summed E-state index contributed by atoms with van der Waals surface area (Å²) in [5.74, 6) is 0.907. The average molecular weight is 287 g/mol. The SMILES string of the molecule is COc1ccc(-n2cnc3c(O)nc(N)nc32)cc1OC. The summed E-state index contributed by atoms with van der Waals surface area (Å²) in [5, 5.41) is 9.74. The molecular formula is C13H13N5O3. The zero-order chi connectivity index (χ0) is 15.0. The van der Waals surface area contributed by atoms with E-state index >= 15 is 0 Å². The summed E-state index contributed by atoms with van der Waals surface area (Å²) >= 11 is 0. The second-order valence-electron chi connectivity index (χ2n) is 4.23. The third-order valence-corrected chi connectivity index (χ3v) is 3.04. The molecule has 2 heterocycles. The van der Waals surface area contributed by atoms with E-state index in [0.717, 1.165) is 5.69 Å². The molecule has 0 atom stereocenters. The Hall–Kier alpha value is -3.03. The molecule has 0 spiro atoms. The van der Waals surface area contributed by atoms with Crippen molar-refractivity contribution in [2.45, 2.75) is 0 Å². The topological polar surface area (TPSA) is 108 Å². The second kappa shape index (κ2) is 4.82. The number of nitrogen functional groups attached to an aromatic ring is 1. The molecule has 0 fully saturated rings. The first kappa shape index (κ1) is 13.0. The minimum Gasteiger partial charge on any atom is -0.493 e. The Morgan fingerprint density at radius 3 is 2.62 bits per heavy atom. The lowest BCUT2D eigenvalue weighted by Gasteiger charge is -2.10. The molecule has 2 aromatic heterocycles. The van der Waals surface area contributed by atoms with E-state index in [1.807, 2.05) is 6.07 Å². The van der Waals surface area contributed by atoms with Crippen molar-refractivity contribution in [2.24, 2.45) is 0 Å². The van der Waals surface area contributed by atoms with Crippen LogP contribution in [0.15, 0.2) is 24.5 Å². The monoisotopic (exact) mass is 287 g/mol. The van der Waals surface area contributed by atoms with Gasteiger partial charge < -0.3 is 20.3 Å². The Morgan fingerprint density at radius 1 is 1.14 bits per heavy atom. The number of nitrogens with zero attached hydrogens (tertiary/aromatic N) is 4. The average Bonchev–Trinajstić information content (AvgIpc) is 2.90. The molecule has 0 aliphatic rings. The minimum absolute atomic E-state index is 0.0257. The molecule has 0 amide bonds. The fourth-order valence-electron chi connectivity index (χ4n) is 2.07. The highest BCUT2D eigenvalue weighted by molar-refractivity contribution is 5.79. The smallest absolute Gasteiger partial charge is 0.244 e. The number of aromatic hydroxyl groups is 1. The van der Waals surface area contributed by atoms with E-state index in [-0.39, 0.29) is 17.3 Å². The number of methoxy groups -OCH3 is 2. The number of hydrogen-bond acceptors (Lipinski definition) is 7. The lowest BCUT2D eigenvalue weighted by atomic mass is 10.2. The quantitative estimate of drug-likeness (QED) is 0.743. The van der Waals surface area contributed by atoms with Crippen LogP contribution in [0.1, 0.15) is 0 Å². The van der Waals surface area contributed by atoms with E-state index < -0.39 is 0 Å². The van der Waals surface area contributed by atoms with Crippen molar-refractivity contribution in [3.63, 3.8) is 0 Å². The largest absolute Gasteiger partial charge is 0.493 e. The summed E-state index contributed by atoms with van der Waals surface area (Å²) in [5.41, 5.74) is 6.99. The highest BCUT2D eigenvalue weighted by Gasteiger charge is 2.14. The van der Waals surface area contributed by atoms with Gasteiger partial charge in [0.1, 0.15) is 6.33 Å². The predicted octanol–water partition coefficient (Wildman–Crippen LogP) is 1.12. The minimum atomic E-state index is -0.253. The van der Waals surface area contributed by atoms with Gasteiger partial charge in [0.05, 0.1) is 19.9 Å². The summed E-state index contributed by atoms with van der Waals surface area (Å²) in [6, 6.07) is 5.36. The molecule has 21 heavy (non-hydrogen) atoms. The number of aromatic nitrogens is 4. The van der Waals surface area contributed by atoms with Crippen LogP contribution in [0.3, 0.4) is 0 Å². The van der Waals surface area contributed by atoms with Gasteiger partial charge in [-0.1, -0.05) is 0 Å². The van der Waals surface area contributed by atoms with Crippen molar-refractivity contribution in [3.8, 4) is 23.1 Å². The van der Waals surface area contributed by atoms with Crippen molar-refractivity contribution >= 4 is 17.1 Å². The summed E-state index contributed by atoms with van der Waals surface area (Å²) in [6.07, 6.45) is 1.53. The van der Waals surface area contributed by atoms with Gasteiger partial charge in [0.2, 0.25) is 11.8 Å². The fourth-order valence-corrected chi connectivity index (χ4v) is 2.07. The predicted molar refractivity (Wildman–Crippen MR) is 75.8 cm³/mol. The van der Waals surface area contributed by atoms with E-state index in [9.17, 15) is 5.11 Å². The molecular weight excluding hydrogens is 274 g/mol. The first-order valence-electron chi connectivity index (χ1n) is 6.06. The van der Waals surface area contributed by atoms with E-state index in [0.29, 0.717) is 17.1 Å². The molecule has 0 saturated carbocycles. The van der Waals surface area contributed by atoms with Crippen LogP contribution in [0.25, 0.3) is 16.9 Å². The van der Waals surface area contributed by atoms with Crippen LogP contribution in [0, 0.1) is 0 Å². The van der Waals surface area contributed by atoms with Crippen LogP contribution in [0.2, 0.25) is 0 Å². The Balaban J connectivity index is 2.21. The van der Waals surface area contributed by atoms with E-state index in [1.165, 1.54) is 6.33 Å². The maximum Gasteiger partial charge on any atom is 0.244 e. The van der Waals surface area contributed by atoms with E-state index in [1.54, 1.807) is 30.9 Å². The Morgan fingerprint density at radius 2 is 1.90 bits per heavy atom. The molecule has 0 unspecified atom stereocenters. The third kappa shape index (κ3) is 2.06. The maximum absolute atomic E-state index is 9.74. The van der Waals surface area contributed by atoms with Gasteiger partial charge in [-0.15, -0.1) is 0 Å². The van der Waals surface area contributed by atoms with Gasteiger partial charge in [-0.05, 0) is 12.1 Å². The van der Waals surface area contributed by atoms with Crippen LogP contribution in [-0.4, -0.2) is 38.8 Å². The summed E-state index contributed by atoms with van der Waals surface area (Å²) in [6.45, 7) is 0.